The number of anilines is 1. The molecule has 0 unspecified atom stereocenters. The number of nitrogens with one attached hydrogen (secondary N) is 1. The van der Waals surface area contributed by atoms with Gasteiger partial charge in [-0.25, -0.2) is 0 Å². The summed E-state index contributed by atoms with van der Waals surface area (Å²) in [5.41, 5.74) is 3.12. The monoisotopic (exact) mass is 466 g/mol. The van der Waals surface area contributed by atoms with Crippen LogP contribution in [-0.2, 0) is 0 Å². The van der Waals surface area contributed by atoms with Crippen LogP contribution in [0.5, 0.6) is 5.75 Å². The van der Waals surface area contributed by atoms with E-state index in [1.54, 1.807) is 36.4 Å². The Bertz CT molecular complexity index is 1510. The summed E-state index contributed by atoms with van der Waals surface area (Å²) in [5, 5.41) is 7.34. The van der Waals surface area contributed by atoms with Gasteiger partial charge >= 0.3 is 0 Å². The Labute approximate surface area is 201 Å². The molecule has 35 heavy (non-hydrogen) atoms. The van der Waals surface area contributed by atoms with Crippen LogP contribution in [0.1, 0.15) is 39.1 Å². The predicted molar refractivity (Wildman–Crippen MR) is 132 cm³/mol. The van der Waals surface area contributed by atoms with E-state index in [9.17, 15) is 9.59 Å². The second kappa shape index (κ2) is 9.30. The summed E-state index contributed by atoms with van der Waals surface area (Å²) < 4.78 is 16.7. The fourth-order valence-corrected chi connectivity index (χ4v) is 3.74. The third-order valence-electron chi connectivity index (χ3n) is 5.55. The second-order valence-electron chi connectivity index (χ2n) is 7.99. The number of hydrogen-bond donors (Lipinski definition) is 1. The summed E-state index contributed by atoms with van der Waals surface area (Å²) in [4.78, 5) is 26.3. The minimum atomic E-state index is -0.518. The molecule has 0 saturated carbocycles. The number of carbonyl (C=O) groups is 2. The van der Waals surface area contributed by atoms with E-state index in [0.29, 0.717) is 34.6 Å². The van der Waals surface area contributed by atoms with Crippen LogP contribution in [-0.4, -0.2) is 23.5 Å². The molecule has 2 aromatic heterocycles. The van der Waals surface area contributed by atoms with Crippen LogP contribution in [0, 0.1) is 6.92 Å². The van der Waals surface area contributed by atoms with Crippen LogP contribution in [0.2, 0.25) is 0 Å². The Hall–Kier alpha value is -4.65. The van der Waals surface area contributed by atoms with Crippen molar-refractivity contribution in [3.05, 3.63) is 101 Å². The number of amides is 1. The van der Waals surface area contributed by atoms with Crippen LogP contribution in [0.3, 0.4) is 0 Å². The van der Waals surface area contributed by atoms with Crippen molar-refractivity contribution in [2.24, 2.45) is 0 Å². The fraction of sp³-hybridized carbons (Fsp3) is 0.107. The Morgan fingerprint density at radius 2 is 1.71 bits per heavy atom. The number of carbonyl (C=O) groups excluding carboxylic acids is 2. The van der Waals surface area contributed by atoms with Gasteiger partial charge in [0.1, 0.15) is 11.3 Å². The van der Waals surface area contributed by atoms with Crippen molar-refractivity contribution in [1.82, 2.24) is 5.16 Å². The van der Waals surface area contributed by atoms with E-state index >= 15 is 0 Å². The average Bonchev–Trinajstić information content (AvgIpc) is 3.51. The van der Waals surface area contributed by atoms with Gasteiger partial charge < -0.3 is 19.0 Å². The molecule has 0 aliphatic carbocycles. The van der Waals surface area contributed by atoms with Crippen LogP contribution < -0.4 is 10.1 Å². The summed E-state index contributed by atoms with van der Waals surface area (Å²) in [6.07, 6.45) is 0. The smallest absolute Gasteiger partial charge is 0.277 e. The van der Waals surface area contributed by atoms with Crippen molar-refractivity contribution in [2.45, 2.75) is 13.8 Å². The van der Waals surface area contributed by atoms with E-state index in [4.69, 9.17) is 13.7 Å². The Morgan fingerprint density at radius 1 is 0.971 bits per heavy atom. The standard InChI is InChI=1S/C28H22N2O5/c1-3-33-20-14-12-18(13-15-20)24-16-22(30-35-24)28(32)29-25-21-6-4-5-7-23(21)34-27(25)26(31)19-10-8-17(2)9-11-19/h4-16H,3H2,1-2H3,(H,29,32). The van der Waals surface area contributed by atoms with Crippen molar-refractivity contribution in [3.8, 4) is 17.1 Å². The second-order valence-corrected chi connectivity index (χ2v) is 7.99. The number of nitrogens with zero attached hydrogens (tertiary/aromatic N) is 1. The number of benzene rings is 3. The van der Waals surface area contributed by atoms with Crippen LogP contribution in [0.25, 0.3) is 22.3 Å². The maximum atomic E-state index is 13.2. The lowest BCUT2D eigenvalue weighted by Gasteiger charge is -2.05. The van der Waals surface area contributed by atoms with Gasteiger partial charge in [0.15, 0.2) is 17.2 Å². The molecule has 174 valence electrons. The summed E-state index contributed by atoms with van der Waals surface area (Å²) in [7, 11) is 0. The van der Waals surface area contributed by atoms with Gasteiger partial charge in [-0.2, -0.15) is 0 Å². The summed E-state index contributed by atoms with van der Waals surface area (Å²) in [5.74, 6) is 0.387. The Morgan fingerprint density at radius 3 is 2.46 bits per heavy atom. The van der Waals surface area contributed by atoms with Gasteiger partial charge in [-0.3, -0.25) is 9.59 Å². The summed E-state index contributed by atoms with van der Waals surface area (Å²) in [6.45, 7) is 4.43. The van der Waals surface area contributed by atoms with Gasteiger partial charge in [-0.15, -0.1) is 0 Å². The van der Waals surface area contributed by atoms with Crippen molar-refractivity contribution < 1.29 is 23.3 Å². The molecule has 7 nitrogen and oxygen atoms in total. The van der Waals surface area contributed by atoms with E-state index in [1.807, 2.05) is 56.3 Å². The molecule has 3 aromatic carbocycles. The topological polar surface area (TPSA) is 94.6 Å². The molecule has 5 aromatic rings. The van der Waals surface area contributed by atoms with Crippen molar-refractivity contribution in [2.75, 3.05) is 11.9 Å². The number of ether oxygens (including phenoxy) is 1. The quantitative estimate of drug-likeness (QED) is 0.284. The molecule has 0 aliphatic rings. The molecule has 0 bridgehead atoms. The minimum absolute atomic E-state index is 0.0543. The van der Waals surface area contributed by atoms with Crippen LogP contribution in [0.15, 0.2) is 87.8 Å². The van der Waals surface area contributed by atoms with Gasteiger partial charge in [0.25, 0.3) is 5.91 Å². The molecule has 0 saturated heterocycles. The number of rotatable bonds is 7. The lowest BCUT2D eigenvalue weighted by molar-refractivity contribution is 0.101. The van der Waals surface area contributed by atoms with E-state index in [1.165, 1.54) is 0 Å². The zero-order chi connectivity index (χ0) is 24.4. The number of aromatic nitrogens is 1. The summed E-state index contributed by atoms with van der Waals surface area (Å²) in [6, 6.07) is 23.2. The highest BCUT2D eigenvalue weighted by atomic mass is 16.5. The van der Waals surface area contributed by atoms with Gasteiger partial charge in [0.05, 0.1) is 12.3 Å². The van der Waals surface area contributed by atoms with Gasteiger partial charge in [-0.05, 0) is 50.2 Å². The first-order chi connectivity index (χ1) is 17.0. The van der Waals surface area contributed by atoms with Crippen LogP contribution in [0.4, 0.5) is 5.69 Å². The van der Waals surface area contributed by atoms with E-state index < -0.39 is 5.91 Å². The van der Waals surface area contributed by atoms with E-state index in [0.717, 1.165) is 16.9 Å². The number of fused-ring (bicyclic) bond motifs is 1. The maximum absolute atomic E-state index is 13.2. The zero-order valence-electron chi connectivity index (χ0n) is 19.2. The molecular weight excluding hydrogens is 444 g/mol. The lowest BCUT2D eigenvalue weighted by atomic mass is 10.1. The van der Waals surface area contributed by atoms with Crippen LogP contribution >= 0.6 is 0 Å². The molecule has 0 fully saturated rings. The lowest BCUT2D eigenvalue weighted by Crippen LogP contribution is -2.14. The number of furan rings is 1. The third-order valence-corrected chi connectivity index (χ3v) is 5.55. The molecule has 0 atom stereocenters. The number of ketones is 1. The van der Waals surface area contributed by atoms with Gasteiger partial charge in [0, 0.05) is 22.6 Å². The average molecular weight is 466 g/mol. The minimum Gasteiger partial charge on any atom is -0.494 e. The molecule has 7 heteroatoms. The predicted octanol–water partition coefficient (Wildman–Crippen LogP) is 6.28. The largest absolute Gasteiger partial charge is 0.494 e. The highest BCUT2D eigenvalue weighted by molar-refractivity contribution is 6.18. The van der Waals surface area contributed by atoms with Crippen molar-refractivity contribution >= 4 is 28.3 Å². The normalized spacial score (nSPS) is 10.9. The fourth-order valence-electron chi connectivity index (χ4n) is 3.74. The van der Waals surface area contributed by atoms with Crippen molar-refractivity contribution in [3.63, 3.8) is 0 Å². The zero-order valence-corrected chi connectivity index (χ0v) is 19.2. The highest BCUT2D eigenvalue weighted by Crippen LogP contribution is 2.33. The Balaban J connectivity index is 1.44. The number of aryl methyl sites for hydroxylation is 1. The molecule has 2 heterocycles. The highest BCUT2D eigenvalue weighted by Gasteiger charge is 2.25. The summed E-state index contributed by atoms with van der Waals surface area (Å²) >= 11 is 0. The molecule has 1 amide bonds. The first kappa shape index (κ1) is 22.2. The molecule has 0 spiro atoms. The third kappa shape index (κ3) is 4.44. The molecule has 5 rings (SSSR count). The Kier molecular flexibility index (Phi) is 5.89. The number of para-hydroxylation sites is 1. The molecule has 0 aliphatic heterocycles. The van der Waals surface area contributed by atoms with E-state index in [-0.39, 0.29) is 17.2 Å². The number of hydrogen-bond acceptors (Lipinski definition) is 6. The molecule has 1 N–H and O–H groups in total. The SMILES string of the molecule is CCOc1ccc(-c2cc(C(=O)Nc3c(C(=O)c4ccc(C)cc4)oc4ccccc34)no2)cc1. The first-order valence-electron chi connectivity index (χ1n) is 11.2. The molecular formula is C28H22N2O5. The van der Waals surface area contributed by atoms with Crippen molar-refractivity contribution in [1.29, 1.82) is 0 Å². The van der Waals surface area contributed by atoms with Gasteiger partial charge in [-0.1, -0.05) is 47.1 Å². The first-order valence-corrected chi connectivity index (χ1v) is 11.2. The van der Waals surface area contributed by atoms with E-state index in [2.05, 4.69) is 10.5 Å². The molecule has 0 radical (unpaired) electrons. The maximum Gasteiger partial charge on any atom is 0.277 e. The van der Waals surface area contributed by atoms with Gasteiger partial charge in [0.2, 0.25) is 5.78 Å².